The van der Waals surface area contributed by atoms with E-state index >= 15 is 0 Å². The molecule has 0 amide bonds. The van der Waals surface area contributed by atoms with Crippen LogP contribution in [0.3, 0.4) is 0 Å². The number of nitrogens with one attached hydrogen (secondary N) is 1. The molecule has 2 atom stereocenters. The molecule has 0 heterocycles. The molecule has 27 heavy (non-hydrogen) atoms. The number of rotatable bonds is 14. The summed E-state index contributed by atoms with van der Waals surface area (Å²) < 4.78 is 34.2. The number of methoxy groups -OCH3 is 7. The van der Waals surface area contributed by atoms with Crippen LogP contribution in [-0.4, -0.2) is 119 Å². The van der Waals surface area contributed by atoms with Crippen molar-refractivity contribution in [3.63, 3.8) is 0 Å². The van der Waals surface area contributed by atoms with Crippen LogP contribution < -0.4 is 5.32 Å². The fraction of sp³-hybridized carbons (Fsp3) is 1.00. The van der Waals surface area contributed by atoms with Crippen molar-refractivity contribution in [2.45, 2.75) is 31.3 Å². The Labute approximate surface area is 165 Å². The molecule has 9 heteroatoms. The van der Waals surface area contributed by atoms with E-state index in [-0.39, 0.29) is 24.4 Å². The molecule has 0 spiro atoms. The molecule has 0 unspecified atom stereocenters. The van der Waals surface area contributed by atoms with Gasteiger partial charge in [0.25, 0.3) is 0 Å². The maximum Gasteiger partial charge on any atom is 0.104 e. The van der Waals surface area contributed by atoms with Gasteiger partial charge in [-0.25, -0.2) is 0 Å². The minimum Gasteiger partial charge on any atom is -0.392 e. The van der Waals surface area contributed by atoms with Crippen molar-refractivity contribution in [1.29, 1.82) is 0 Å². The van der Waals surface area contributed by atoms with Gasteiger partial charge in [-0.2, -0.15) is 0 Å². The lowest BCUT2D eigenvalue weighted by molar-refractivity contribution is -0.0178. The van der Waals surface area contributed by atoms with Crippen LogP contribution >= 0.6 is 0 Å². The van der Waals surface area contributed by atoms with Gasteiger partial charge in [0.05, 0.1) is 45.2 Å². The number of ether oxygens (including phenoxy) is 7. The quantitative estimate of drug-likeness (QED) is 0.423. The number of aliphatic hydroxyl groups excluding tert-OH is 1. The van der Waals surface area contributed by atoms with Crippen LogP contribution in [0.4, 0.5) is 0 Å². The van der Waals surface area contributed by atoms with Crippen molar-refractivity contribution in [2.75, 3.05) is 89.9 Å². The molecule has 0 fully saturated rings. The highest BCUT2D eigenvalue weighted by molar-refractivity contribution is 4.68. The second kappa shape index (κ2) is 25.6. The van der Waals surface area contributed by atoms with E-state index in [1.54, 1.807) is 63.7 Å². The van der Waals surface area contributed by atoms with Crippen LogP contribution in [0.5, 0.6) is 0 Å². The van der Waals surface area contributed by atoms with Crippen LogP contribution in [0.2, 0.25) is 0 Å². The summed E-state index contributed by atoms with van der Waals surface area (Å²) in [7, 11) is 13.3. The standard InChI is InChI=1S/C6H15NO2.2C6H14O3/c1-5(8)6(7-2)4-9-3;2*1-7-4-6(9-3)5-8-2/h5-8H,4H2,1-3H3;2*6H,4-5H2,1-3H3/t5-,6+;;/m1../s1. The van der Waals surface area contributed by atoms with E-state index in [1.165, 1.54) is 0 Å². The molecule has 0 aromatic rings. The molecule has 2 N–H and O–H groups in total. The summed E-state index contributed by atoms with van der Waals surface area (Å²) in [4.78, 5) is 0. The van der Waals surface area contributed by atoms with E-state index in [2.05, 4.69) is 5.32 Å². The highest BCUT2D eigenvalue weighted by Crippen LogP contribution is 1.91. The lowest BCUT2D eigenvalue weighted by Gasteiger charge is -2.17. The van der Waals surface area contributed by atoms with Crippen molar-refractivity contribution < 1.29 is 38.3 Å². The maximum absolute atomic E-state index is 9.00. The minimum absolute atomic E-state index is 0.0509. The van der Waals surface area contributed by atoms with Crippen LogP contribution in [0.25, 0.3) is 0 Å². The summed E-state index contributed by atoms with van der Waals surface area (Å²) in [6.07, 6.45) is -0.213. The van der Waals surface area contributed by atoms with E-state index in [1.807, 2.05) is 0 Å². The summed E-state index contributed by atoms with van der Waals surface area (Å²) in [6, 6.07) is 0.0509. The summed E-state index contributed by atoms with van der Waals surface area (Å²) in [5.41, 5.74) is 0. The lowest BCUT2D eigenvalue weighted by atomic mass is 10.2. The molecule has 168 valence electrons. The molecule has 0 aromatic heterocycles. The summed E-state index contributed by atoms with van der Waals surface area (Å²) in [5, 5.41) is 11.9. The number of aliphatic hydroxyl groups is 1. The Bertz CT molecular complexity index is 232. The third-order valence-electron chi connectivity index (χ3n) is 3.38. The molecule has 0 rings (SSSR count). The average molecular weight is 402 g/mol. The zero-order valence-electron chi connectivity index (χ0n) is 18.6. The van der Waals surface area contributed by atoms with Crippen LogP contribution in [0, 0.1) is 0 Å². The predicted molar refractivity (Wildman–Crippen MR) is 106 cm³/mol. The van der Waals surface area contributed by atoms with E-state index in [0.29, 0.717) is 33.0 Å². The largest absolute Gasteiger partial charge is 0.392 e. The second-order valence-corrected chi connectivity index (χ2v) is 5.63. The zero-order chi connectivity index (χ0) is 21.5. The van der Waals surface area contributed by atoms with Gasteiger partial charge in [0, 0.05) is 49.8 Å². The fourth-order valence-corrected chi connectivity index (χ4v) is 1.76. The Balaban J connectivity index is -0.000000320. The number of hydrogen-bond donors (Lipinski definition) is 2. The van der Waals surface area contributed by atoms with Gasteiger partial charge in [-0.1, -0.05) is 0 Å². The normalized spacial score (nSPS) is 12.9. The summed E-state index contributed by atoms with van der Waals surface area (Å²) in [6.45, 7) is 4.64. The highest BCUT2D eigenvalue weighted by atomic mass is 16.6. The molecular weight excluding hydrogens is 358 g/mol. The third kappa shape index (κ3) is 23.6. The van der Waals surface area contributed by atoms with Gasteiger partial charge in [0.1, 0.15) is 12.2 Å². The first-order chi connectivity index (χ1) is 12.9. The van der Waals surface area contributed by atoms with Crippen molar-refractivity contribution in [3.05, 3.63) is 0 Å². The van der Waals surface area contributed by atoms with Gasteiger partial charge in [-0.15, -0.1) is 0 Å². The topological polar surface area (TPSA) is 96.9 Å². The van der Waals surface area contributed by atoms with Crippen LogP contribution in [0.15, 0.2) is 0 Å². The molecule has 0 aliphatic rings. The predicted octanol–water partition coefficient (Wildman–Crippen LogP) is 0.190. The van der Waals surface area contributed by atoms with E-state index in [4.69, 9.17) is 38.3 Å². The van der Waals surface area contributed by atoms with Crippen molar-refractivity contribution in [3.8, 4) is 0 Å². The minimum atomic E-state index is -0.352. The molecule has 0 saturated carbocycles. The lowest BCUT2D eigenvalue weighted by Crippen LogP contribution is -2.39. The molecule has 9 nitrogen and oxygen atoms in total. The highest BCUT2D eigenvalue weighted by Gasteiger charge is 2.10. The fourth-order valence-electron chi connectivity index (χ4n) is 1.76. The SMILES string of the molecule is CN[C@@H](COC)[C@@H](C)O.COCC(COC)OC.COCC(COC)OC. The molecule has 0 aromatic carbocycles. The van der Waals surface area contributed by atoms with Crippen molar-refractivity contribution in [1.82, 2.24) is 5.32 Å². The van der Waals surface area contributed by atoms with Gasteiger partial charge in [0.2, 0.25) is 0 Å². The Morgan fingerprint density at radius 3 is 1.04 bits per heavy atom. The van der Waals surface area contributed by atoms with Gasteiger partial charge < -0.3 is 43.6 Å². The summed E-state index contributed by atoms with van der Waals surface area (Å²) in [5.74, 6) is 0. The van der Waals surface area contributed by atoms with E-state index < -0.39 is 0 Å². The molecule has 0 saturated heterocycles. The van der Waals surface area contributed by atoms with Gasteiger partial charge in [0.15, 0.2) is 0 Å². The Morgan fingerprint density at radius 1 is 0.630 bits per heavy atom. The first-order valence-corrected chi connectivity index (χ1v) is 8.77. The van der Waals surface area contributed by atoms with Gasteiger partial charge in [-0.05, 0) is 14.0 Å². The van der Waals surface area contributed by atoms with Crippen LogP contribution in [0.1, 0.15) is 6.92 Å². The molecular formula is C18H43NO8. The van der Waals surface area contributed by atoms with Crippen molar-refractivity contribution >= 4 is 0 Å². The monoisotopic (exact) mass is 401 g/mol. The first-order valence-electron chi connectivity index (χ1n) is 8.77. The van der Waals surface area contributed by atoms with Gasteiger partial charge in [-0.3, -0.25) is 0 Å². The van der Waals surface area contributed by atoms with Crippen LogP contribution in [-0.2, 0) is 33.2 Å². The Kier molecular flexibility index (Phi) is 29.8. The molecule has 0 aliphatic carbocycles. The molecule has 0 bridgehead atoms. The van der Waals surface area contributed by atoms with Crippen molar-refractivity contribution in [2.24, 2.45) is 0 Å². The average Bonchev–Trinajstić information content (AvgIpc) is 2.66. The number of hydrogen-bond acceptors (Lipinski definition) is 9. The second-order valence-electron chi connectivity index (χ2n) is 5.63. The smallest absolute Gasteiger partial charge is 0.104 e. The maximum atomic E-state index is 9.00. The van der Waals surface area contributed by atoms with Gasteiger partial charge >= 0.3 is 0 Å². The molecule has 0 aliphatic heterocycles. The van der Waals surface area contributed by atoms with E-state index in [9.17, 15) is 0 Å². The van der Waals surface area contributed by atoms with E-state index in [0.717, 1.165) is 0 Å². The Hall–Kier alpha value is -0.360. The number of likely N-dealkylation sites (N-methyl/N-ethyl adjacent to an activating group) is 1. The zero-order valence-corrected chi connectivity index (χ0v) is 18.6. The summed E-state index contributed by atoms with van der Waals surface area (Å²) >= 11 is 0. The Morgan fingerprint density at radius 2 is 0.926 bits per heavy atom. The molecule has 0 radical (unpaired) electrons. The third-order valence-corrected chi connectivity index (χ3v) is 3.38. The first kappa shape index (κ1) is 31.3.